The summed E-state index contributed by atoms with van der Waals surface area (Å²) in [5.41, 5.74) is 6.03. The Labute approximate surface area is 122 Å². The molecule has 0 aliphatic heterocycles. The van der Waals surface area contributed by atoms with Crippen molar-refractivity contribution in [2.24, 2.45) is 5.73 Å². The van der Waals surface area contributed by atoms with Crippen molar-refractivity contribution >= 4 is 10.8 Å². The molecule has 2 aromatic rings. The van der Waals surface area contributed by atoms with E-state index in [0.717, 1.165) is 17.7 Å². The van der Waals surface area contributed by atoms with Crippen molar-refractivity contribution in [3.8, 4) is 0 Å². The predicted molar refractivity (Wildman–Crippen MR) is 73.7 cm³/mol. The smallest absolute Gasteiger partial charge is 0.325 e. The van der Waals surface area contributed by atoms with E-state index in [1.54, 1.807) is 18.3 Å². The van der Waals surface area contributed by atoms with Gasteiger partial charge in [0.25, 0.3) is 0 Å². The molecule has 0 amide bonds. The number of alkyl halides is 3. The zero-order valence-electron chi connectivity index (χ0n) is 10.9. The first-order valence-electron chi connectivity index (χ1n) is 6.09. The first-order valence-corrected chi connectivity index (χ1v) is 7.41. The summed E-state index contributed by atoms with van der Waals surface area (Å²) in [7, 11) is -1.56. The monoisotopic (exact) mass is 314 g/mol. The summed E-state index contributed by atoms with van der Waals surface area (Å²) < 4.78 is 50.1. The van der Waals surface area contributed by atoms with Crippen LogP contribution in [0.25, 0.3) is 0 Å². The fourth-order valence-electron chi connectivity index (χ4n) is 1.78. The highest BCUT2D eigenvalue weighted by atomic mass is 32.2. The number of pyridine rings is 1. The van der Waals surface area contributed by atoms with Crippen LogP contribution in [0.1, 0.15) is 16.8 Å². The van der Waals surface area contributed by atoms with E-state index in [9.17, 15) is 17.4 Å². The lowest BCUT2D eigenvalue weighted by Crippen LogP contribution is -2.06. The Morgan fingerprint density at radius 3 is 2.62 bits per heavy atom. The molecular weight excluding hydrogens is 301 g/mol. The van der Waals surface area contributed by atoms with Crippen LogP contribution in [0.3, 0.4) is 0 Å². The lowest BCUT2D eigenvalue weighted by molar-refractivity contribution is -0.137. The van der Waals surface area contributed by atoms with Crippen LogP contribution in [-0.4, -0.2) is 9.19 Å². The summed E-state index contributed by atoms with van der Waals surface area (Å²) in [5, 5.41) is 0. The molecule has 1 aromatic heterocycles. The quantitative estimate of drug-likeness (QED) is 0.944. The van der Waals surface area contributed by atoms with Crippen LogP contribution in [0.5, 0.6) is 0 Å². The third-order valence-electron chi connectivity index (χ3n) is 2.81. The highest BCUT2D eigenvalue weighted by molar-refractivity contribution is 7.84. The van der Waals surface area contributed by atoms with Crippen molar-refractivity contribution < 1.29 is 17.4 Å². The standard InChI is InChI=1S/C14H13F3N2OS/c15-14(16,17)11-2-1-3-13(7-11)21(20)9-10-4-5-19-12(6-10)8-18/h1-7H,8-9,18H2. The number of halogens is 3. The van der Waals surface area contributed by atoms with Crippen LogP contribution in [0.15, 0.2) is 47.5 Å². The average Bonchev–Trinajstić information content (AvgIpc) is 2.46. The largest absolute Gasteiger partial charge is 0.416 e. The Hall–Kier alpha value is -1.73. The Kier molecular flexibility index (Phi) is 4.74. The van der Waals surface area contributed by atoms with Gasteiger partial charge in [-0.15, -0.1) is 0 Å². The number of aromatic nitrogens is 1. The summed E-state index contributed by atoms with van der Waals surface area (Å²) >= 11 is 0. The molecule has 0 fully saturated rings. The van der Waals surface area contributed by atoms with Gasteiger partial charge >= 0.3 is 6.18 Å². The van der Waals surface area contributed by atoms with Gasteiger partial charge in [-0.1, -0.05) is 6.07 Å². The van der Waals surface area contributed by atoms with Crippen LogP contribution in [0, 0.1) is 0 Å². The van der Waals surface area contributed by atoms with Gasteiger partial charge in [-0.2, -0.15) is 13.2 Å². The molecule has 21 heavy (non-hydrogen) atoms. The minimum Gasteiger partial charge on any atom is -0.325 e. The molecule has 0 bridgehead atoms. The summed E-state index contributed by atoms with van der Waals surface area (Å²) in [6.07, 6.45) is -2.90. The predicted octanol–water partition coefficient (Wildman–Crippen LogP) is 2.87. The third kappa shape index (κ3) is 4.12. The molecule has 2 rings (SSSR count). The number of hydrogen-bond acceptors (Lipinski definition) is 3. The second kappa shape index (κ2) is 6.36. The number of rotatable bonds is 4. The molecule has 0 radical (unpaired) electrons. The molecule has 112 valence electrons. The van der Waals surface area contributed by atoms with Crippen LogP contribution in [-0.2, 0) is 29.3 Å². The molecule has 2 N–H and O–H groups in total. The van der Waals surface area contributed by atoms with Gasteiger partial charge in [0.15, 0.2) is 0 Å². The molecule has 1 unspecified atom stereocenters. The van der Waals surface area contributed by atoms with E-state index in [-0.39, 0.29) is 17.2 Å². The van der Waals surface area contributed by atoms with E-state index in [4.69, 9.17) is 5.73 Å². The number of benzene rings is 1. The molecule has 1 aromatic carbocycles. The molecule has 3 nitrogen and oxygen atoms in total. The van der Waals surface area contributed by atoms with Crippen molar-refractivity contribution in [2.75, 3.05) is 0 Å². The van der Waals surface area contributed by atoms with Gasteiger partial charge in [0.2, 0.25) is 0 Å². The summed E-state index contributed by atoms with van der Waals surface area (Å²) in [6, 6.07) is 7.93. The van der Waals surface area contributed by atoms with Crippen molar-refractivity contribution in [3.05, 3.63) is 59.4 Å². The van der Waals surface area contributed by atoms with Gasteiger partial charge in [-0.25, -0.2) is 0 Å². The van der Waals surface area contributed by atoms with E-state index in [2.05, 4.69) is 4.98 Å². The fraction of sp³-hybridized carbons (Fsp3) is 0.214. The third-order valence-corrected chi connectivity index (χ3v) is 4.19. The molecular formula is C14H13F3N2OS. The minimum atomic E-state index is -4.44. The van der Waals surface area contributed by atoms with E-state index >= 15 is 0 Å². The number of nitrogens with two attached hydrogens (primary N) is 1. The molecule has 0 saturated heterocycles. The second-order valence-corrected chi connectivity index (χ2v) is 5.83. The zero-order valence-corrected chi connectivity index (χ0v) is 11.7. The zero-order chi connectivity index (χ0) is 15.5. The minimum absolute atomic E-state index is 0.122. The van der Waals surface area contributed by atoms with Crippen LogP contribution < -0.4 is 5.73 Å². The van der Waals surface area contributed by atoms with Crippen molar-refractivity contribution in [1.82, 2.24) is 4.98 Å². The molecule has 0 aliphatic rings. The maximum Gasteiger partial charge on any atom is 0.416 e. The van der Waals surface area contributed by atoms with Gasteiger partial charge in [-0.3, -0.25) is 9.19 Å². The number of nitrogens with zero attached hydrogens (tertiary/aromatic N) is 1. The highest BCUT2D eigenvalue weighted by Gasteiger charge is 2.30. The molecule has 0 aliphatic carbocycles. The first kappa shape index (κ1) is 15.7. The normalized spacial score (nSPS) is 13.1. The molecule has 1 heterocycles. The molecule has 1 atom stereocenters. The van der Waals surface area contributed by atoms with Gasteiger partial charge in [0.1, 0.15) is 0 Å². The van der Waals surface area contributed by atoms with Crippen molar-refractivity contribution in [2.45, 2.75) is 23.4 Å². The fourth-order valence-corrected chi connectivity index (χ4v) is 2.92. The number of hydrogen-bond donors (Lipinski definition) is 1. The summed E-state index contributed by atoms with van der Waals surface area (Å²) in [6.45, 7) is 0.254. The first-order chi connectivity index (χ1) is 9.90. The van der Waals surface area contributed by atoms with Crippen LogP contribution in [0.4, 0.5) is 13.2 Å². The van der Waals surface area contributed by atoms with Gasteiger partial charge in [0.05, 0.1) is 27.8 Å². The maximum absolute atomic E-state index is 12.6. The van der Waals surface area contributed by atoms with Crippen LogP contribution >= 0.6 is 0 Å². The van der Waals surface area contributed by atoms with Gasteiger partial charge in [-0.05, 0) is 35.9 Å². The van der Waals surface area contributed by atoms with E-state index in [0.29, 0.717) is 5.69 Å². The molecule has 0 spiro atoms. The average molecular weight is 314 g/mol. The van der Waals surface area contributed by atoms with E-state index in [1.807, 2.05) is 0 Å². The molecule has 0 saturated carbocycles. The highest BCUT2D eigenvalue weighted by Crippen LogP contribution is 2.30. The van der Waals surface area contributed by atoms with Gasteiger partial charge in [0, 0.05) is 17.6 Å². The topological polar surface area (TPSA) is 56.0 Å². The SMILES string of the molecule is NCc1cc(CS(=O)c2cccc(C(F)(F)F)c2)ccn1. The Bertz CT molecular complexity index is 659. The van der Waals surface area contributed by atoms with Gasteiger partial charge < -0.3 is 5.73 Å². The van der Waals surface area contributed by atoms with E-state index in [1.165, 1.54) is 12.1 Å². The second-order valence-electron chi connectivity index (χ2n) is 4.38. The van der Waals surface area contributed by atoms with E-state index < -0.39 is 22.5 Å². The summed E-state index contributed by atoms with van der Waals surface area (Å²) in [4.78, 5) is 4.16. The van der Waals surface area contributed by atoms with Crippen molar-refractivity contribution in [1.29, 1.82) is 0 Å². The lowest BCUT2D eigenvalue weighted by atomic mass is 10.2. The maximum atomic E-state index is 12.6. The molecule has 7 heteroatoms. The Morgan fingerprint density at radius 1 is 1.19 bits per heavy atom. The van der Waals surface area contributed by atoms with Crippen molar-refractivity contribution in [3.63, 3.8) is 0 Å². The summed E-state index contributed by atoms with van der Waals surface area (Å²) in [5.74, 6) is 0.122. The Balaban J connectivity index is 2.20. The Morgan fingerprint density at radius 2 is 1.95 bits per heavy atom. The lowest BCUT2D eigenvalue weighted by Gasteiger charge is -2.09. The van der Waals surface area contributed by atoms with Crippen LogP contribution in [0.2, 0.25) is 0 Å².